The van der Waals surface area contributed by atoms with Crippen LogP contribution >= 0.6 is 22.7 Å². The van der Waals surface area contributed by atoms with Gasteiger partial charge in [0.1, 0.15) is 0 Å². The van der Waals surface area contributed by atoms with Crippen LogP contribution in [-0.2, 0) is 11.2 Å². The highest BCUT2D eigenvalue weighted by molar-refractivity contribution is 7.10. The number of nitrogens with zero attached hydrogens (tertiary/aromatic N) is 1. The molecule has 21 heavy (non-hydrogen) atoms. The Balaban J connectivity index is 1.61. The molecule has 2 nitrogen and oxygen atoms in total. The third-order valence-corrected chi connectivity index (χ3v) is 6.48. The molecule has 4 rings (SSSR count). The van der Waals surface area contributed by atoms with Gasteiger partial charge in [0.15, 0.2) is 0 Å². The van der Waals surface area contributed by atoms with Crippen LogP contribution in [0, 0.1) is 5.92 Å². The monoisotopic (exact) mass is 317 g/mol. The Morgan fingerprint density at radius 1 is 1.24 bits per heavy atom. The van der Waals surface area contributed by atoms with Crippen molar-refractivity contribution in [3.05, 3.63) is 44.3 Å². The van der Waals surface area contributed by atoms with Crippen LogP contribution in [0.5, 0.6) is 0 Å². The first-order valence-electron chi connectivity index (χ1n) is 7.72. The summed E-state index contributed by atoms with van der Waals surface area (Å²) in [5.41, 5.74) is 1.36. The van der Waals surface area contributed by atoms with Crippen molar-refractivity contribution < 1.29 is 4.79 Å². The predicted molar refractivity (Wildman–Crippen MR) is 87.9 cm³/mol. The van der Waals surface area contributed by atoms with E-state index in [0.717, 1.165) is 31.7 Å². The highest BCUT2D eigenvalue weighted by Crippen LogP contribution is 2.40. The molecule has 1 unspecified atom stereocenters. The number of hydrogen-bond acceptors (Lipinski definition) is 3. The van der Waals surface area contributed by atoms with Gasteiger partial charge >= 0.3 is 0 Å². The lowest BCUT2D eigenvalue weighted by atomic mass is 9.97. The number of rotatable bonds is 4. The van der Waals surface area contributed by atoms with E-state index in [0.29, 0.717) is 5.91 Å². The number of amides is 1. The van der Waals surface area contributed by atoms with Crippen molar-refractivity contribution in [2.45, 2.75) is 38.1 Å². The summed E-state index contributed by atoms with van der Waals surface area (Å²) in [6.07, 6.45) is 5.49. The fourth-order valence-electron chi connectivity index (χ4n) is 3.22. The van der Waals surface area contributed by atoms with Gasteiger partial charge in [0.25, 0.3) is 0 Å². The third-order valence-electron chi connectivity index (χ3n) is 4.56. The molecule has 1 atom stereocenters. The van der Waals surface area contributed by atoms with Crippen LogP contribution < -0.4 is 0 Å². The van der Waals surface area contributed by atoms with E-state index in [-0.39, 0.29) is 6.04 Å². The van der Waals surface area contributed by atoms with Gasteiger partial charge in [-0.3, -0.25) is 4.79 Å². The Bertz CT molecular complexity index is 627. The van der Waals surface area contributed by atoms with E-state index >= 15 is 0 Å². The van der Waals surface area contributed by atoms with Crippen LogP contribution in [0.1, 0.15) is 47.0 Å². The molecule has 0 spiro atoms. The van der Waals surface area contributed by atoms with Crippen molar-refractivity contribution in [1.29, 1.82) is 0 Å². The third kappa shape index (κ3) is 2.67. The molecule has 110 valence electrons. The molecule has 0 aromatic carbocycles. The van der Waals surface area contributed by atoms with Crippen LogP contribution in [-0.4, -0.2) is 17.4 Å². The van der Waals surface area contributed by atoms with E-state index in [1.807, 2.05) is 11.3 Å². The second kappa shape index (κ2) is 5.58. The predicted octanol–water partition coefficient (Wildman–Crippen LogP) is 4.47. The van der Waals surface area contributed by atoms with E-state index in [4.69, 9.17) is 0 Å². The summed E-state index contributed by atoms with van der Waals surface area (Å²) in [7, 11) is 0. The maximum absolute atomic E-state index is 12.7. The number of fused-ring (bicyclic) bond motifs is 1. The van der Waals surface area contributed by atoms with Crippen molar-refractivity contribution in [2.24, 2.45) is 5.92 Å². The number of carbonyl (C=O) groups excluding carboxylic acids is 1. The maximum Gasteiger partial charge on any atom is 0.223 e. The van der Waals surface area contributed by atoms with Gasteiger partial charge in [-0.25, -0.2) is 0 Å². The van der Waals surface area contributed by atoms with E-state index in [1.165, 1.54) is 28.2 Å². The fourth-order valence-corrected chi connectivity index (χ4v) is 4.97. The normalized spacial score (nSPS) is 21.3. The van der Waals surface area contributed by atoms with E-state index < -0.39 is 0 Å². The molecule has 4 heteroatoms. The van der Waals surface area contributed by atoms with Gasteiger partial charge in [-0.1, -0.05) is 18.9 Å². The molecule has 0 radical (unpaired) electrons. The van der Waals surface area contributed by atoms with Crippen molar-refractivity contribution >= 4 is 28.6 Å². The molecule has 0 saturated heterocycles. The molecule has 0 N–H and O–H groups in total. The van der Waals surface area contributed by atoms with Gasteiger partial charge in [0, 0.05) is 22.7 Å². The molecular weight excluding hydrogens is 298 g/mol. The quantitative estimate of drug-likeness (QED) is 0.814. The largest absolute Gasteiger partial charge is 0.330 e. The van der Waals surface area contributed by atoms with Crippen molar-refractivity contribution in [3.8, 4) is 0 Å². The first-order chi connectivity index (χ1) is 10.3. The summed E-state index contributed by atoms with van der Waals surface area (Å²) >= 11 is 3.60. The van der Waals surface area contributed by atoms with Gasteiger partial charge < -0.3 is 4.90 Å². The molecule has 2 aromatic rings. The molecule has 1 amide bonds. The molecule has 2 aromatic heterocycles. The average Bonchev–Trinajstić information content (AvgIpc) is 2.99. The zero-order valence-electron chi connectivity index (χ0n) is 12.0. The molecule has 1 saturated carbocycles. The summed E-state index contributed by atoms with van der Waals surface area (Å²) in [4.78, 5) is 17.6. The minimum absolute atomic E-state index is 0.159. The Hall–Kier alpha value is -1.13. The fraction of sp³-hybridized carbons (Fsp3) is 0.471. The van der Waals surface area contributed by atoms with Crippen molar-refractivity contribution in [1.82, 2.24) is 4.90 Å². The summed E-state index contributed by atoms with van der Waals surface area (Å²) in [5.74, 6) is 1.17. The first kappa shape index (κ1) is 13.5. The van der Waals surface area contributed by atoms with Crippen molar-refractivity contribution in [2.75, 3.05) is 6.54 Å². The molecule has 3 heterocycles. The average molecular weight is 317 g/mol. The Morgan fingerprint density at radius 3 is 2.90 bits per heavy atom. The molecule has 0 bridgehead atoms. The lowest BCUT2D eigenvalue weighted by molar-refractivity contribution is -0.133. The van der Waals surface area contributed by atoms with Gasteiger partial charge in [-0.05, 0) is 47.2 Å². The zero-order chi connectivity index (χ0) is 14.2. The Labute approximate surface area is 133 Å². The van der Waals surface area contributed by atoms with E-state index in [9.17, 15) is 4.79 Å². The van der Waals surface area contributed by atoms with Crippen LogP contribution in [0.3, 0.4) is 0 Å². The maximum atomic E-state index is 12.7. The second-order valence-electron chi connectivity index (χ2n) is 6.04. The highest BCUT2D eigenvalue weighted by Gasteiger charge is 2.33. The summed E-state index contributed by atoms with van der Waals surface area (Å²) in [6, 6.07) is 6.63. The minimum Gasteiger partial charge on any atom is -0.330 e. The SMILES string of the molecule is O=C(CCC1CC1)N1CCc2sccc2C1c1cccs1. The van der Waals surface area contributed by atoms with E-state index in [1.54, 1.807) is 11.3 Å². The smallest absolute Gasteiger partial charge is 0.223 e. The number of thiophene rings is 2. The minimum atomic E-state index is 0.159. The Kier molecular flexibility index (Phi) is 3.59. The summed E-state index contributed by atoms with van der Waals surface area (Å²) in [5, 5.41) is 4.28. The van der Waals surface area contributed by atoms with Gasteiger partial charge in [0.2, 0.25) is 5.91 Å². The Morgan fingerprint density at radius 2 is 2.14 bits per heavy atom. The van der Waals surface area contributed by atoms with Crippen LogP contribution in [0.2, 0.25) is 0 Å². The van der Waals surface area contributed by atoms with Crippen molar-refractivity contribution in [3.63, 3.8) is 0 Å². The van der Waals surface area contributed by atoms with E-state index in [2.05, 4.69) is 33.9 Å². The second-order valence-corrected chi connectivity index (χ2v) is 8.02. The van der Waals surface area contributed by atoms with Gasteiger partial charge in [0.05, 0.1) is 6.04 Å². The zero-order valence-corrected chi connectivity index (χ0v) is 13.6. The van der Waals surface area contributed by atoms with Gasteiger partial charge in [-0.15, -0.1) is 22.7 Å². The topological polar surface area (TPSA) is 20.3 Å². The van der Waals surface area contributed by atoms with Gasteiger partial charge in [-0.2, -0.15) is 0 Å². The molecule has 1 fully saturated rings. The van der Waals surface area contributed by atoms with Crippen LogP contribution in [0.4, 0.5) is 0 Å². The summed E-state index contributed by atoms with van der Waals surface area (Å²) < 4.78 is 0. The lowest BCUT2D eigenvalue weighted by Crippen LogP contribution is -2.39. The number of carbonyl (C=O) groups is 1. The molecule has 1 aliphatic heterocycles. The standard InChI is InChI=1S/C17H19NOS2/c19-16(6-5-12-3-4-12)18-9-7-14-13(8-11-21-14)17(18)15-2-1-10-20-15/h1-2,8,10-12,17H,3-7,9H2. The lowest BCUT2D eigenvalue weighted by Gasteiger charge is -2.35. The number of hydrogen-bond donors (Lipinski definition) is 0. The highest BCUT2D eigenvalue weighted by atomic mass is 32.1. The summed E-state index contributed by atoms with van der Waals surface area (Å²) in [6.45, 7) is 0.875. The first-order valence-corrected chi connectivity index (χ1v) is 9.48. The molecular formula is C17H19NOS2. The molecule has 1 aliphatic carbocycles. The van der Waals surface area contributed by atoms with Crippen LogP contribution in [0.15, 0.2) is 29.0 Å². The molecule has 2 aliphatic rings. The van der Waals surface area contributed by atoms with Crippen LogP contribution in [0.25, 0.3) is 0 Å².